The van der Waals surface area contributed by atoms with Gasteiger partial charge in [0, 0.05) is 0 Å². The highest BCUT2D eigenvalue weighted by atomic mass is 79.9. The molecular formula is C5H3BrClN5. The summed E-state index contributed by atoms with van der Waals surface area (Å²) in [4.78, 5) is 10.5. The molecule has 7 heteroatoms. The van der Waals surface area contributed by atoms with Crippen molar-refractivity contribution in [2.75, 3.05) is 0 Å². The van der Waals surface area contributed by atoms with Gasteiger partial charge in [-0.25, -0.2) is 8.58 Å². The van der Waals surface area contributed by atoms with Gasteiger partial charge in [0.2, 0.25) is 5.62 Å². The Kier molecular flexibility index (Phi) is 1.66. The number of aromatic amines is 1. The Bertz CT molecular complexity index is 486. The van der Waals surface area contributed by atoms with Crippen molar-refractivity contribution in [2.24, 2.45) is 0 Å². The van der Waals surface area contributed by atoms with Crippen molar-refractivity contribution in [1.82, 2.24) is 18.5 Å². The van der Waals surface area contributed by atoms with Crippen LogP contribution in [0.1, 0.15) is 0 Å². The maximum Gasteiger partial charge on any atom is 0.235 e. The molecule has 0 aliphatic rings. The van der Waals surface area contributed by atoms with Gasteiger partial charge in [-0.3, -0.25) is 5.41 Å². The Hall–Kier alpha value is -0.880. The molecule has 0 aliphatic carbocycles. The summed E-state index contributed by atoms with van der Waals surface area (Å²) in [6.07, 6.45) is 1.50. The molecule has 0 aliphatic heterocycles. The average Bonchev–Trinajstić information content (AvgIpc) is 2.48. The molecule has 0 saturated heterocycles. The van der Waals surface area contributed by atoms with Crippen molar-refractivity contribution in [3.63, 3.8) is 0 Å². The lowest BCUT2D eigenvalue weighted by Crippen LogP contribution is -2.16. The summed E-state index contributed by atoms with van der Waals surface area (Å²) < 4.78 is 1.37. The standard InChI is InChI=1S/C5H3BrClN5/c6-12-4-2(9-1-10-4)3(7)11-5(12)8/h1,8H,(H,9,10). The van der Waals surface area contributed by atoms with Crippen LogP contribution >= 0.6 is 27.7 Å². The summed E-state index contributed by atoms with van der Waals surface area (Å²) in [6.45, 7) is 0. The lowest BCUT2D eigenvalue weighted by atomic mass is 10.6. The minimum atomic E-state index is 0.0135. The molecule has 62 valence electrons. The predicted octanol–water partition coefficient (Wildman–Crippen LogP) is 1.05. The molecular weight excluding hydrogens is 245 g/mol. The monoisotopic (exact) mass is 247 g/mol. The van der Waals surface area contributed by atoms with Crippen LogP contribution in [0.2, 0.25) is 5.15 Å². The molecule has 12 heavy (non-hydrogen) atoms. The van der Waals surface area contributed by atoms with E-state index >= 15 is 0 Å². The maximum atomic E-state index is 7.35. The first-order valence-corrected chi connectivity index (χ1v) is 4.11. The van der Waals surface area contributed by atoms with E-state index in [4.69, 9.17) is 17.0 Å². The highest BCUT2D eigenvalue weighted by Crippen LogP contribution is 2.15. The summed E-state index contributed by atoms with van der Waals surface area (Å²) in [5, 5.41) is 7.60. The minimum Gasteiger partial charge on any atom is -0.341 e. The number of imidazole rings is 1. The van der Waals surface area contributed by atoms with Gasteiger partial charge in [0.1, 0.15) is 5.52 Å². The van der Waals surface area contributed by atoms with Gasteiger partial charge in [-0.1, -0.05) is 11.6 Å². The fourth-order valence-corrected chi connectivity index (χ4v) is 1.45. The van der Waals surface area contributed by atoms with Gasteiger partial charge in [-0.15, -0.1) is 0 Å². The van der Waals surface area contributed by atoms with Crippen molar-refractivity contribution in [3.05, 3.63) is 17.1 Å². The third-order valence-corrected chi connectivity index (χ3v) is 2.35. The second-order valence-corrected chi connectivity index (χ2v) is 3.18. The molecule has 5 nitrogen and oxygen atoms in total. The van der Waals surface area contributed by atoms with Crippen molar-refractivity contribution < 1.29 is 0 Å². The zero-order valence-corrected chi connectivity index (χ0v) is 8.02. The minimum absolute atomic E-state index is 0.0135. The first-order chi connectivity index (χ1) is 5.70. The van der Waals surface area contributed by atoms with Crippen molar-refractivity contribution in [1.29, 1.82) is 5.41 Å². The van der Waals surface area contributed by atoms with Gasteiger partial charge >= 0.3 is 0 Å². The number of nitrogens with zero attached hydrogens (tertiary/aromatic N) is 3. The summed E-state index contributed by atoms with van der Waals surface area (Å²) in [7, 11) is 0. The molecule has 2 aromatic heterocycles. The number of aromatic nitrogens is 4. The van der Waals surface area contributed by atoms with E-state index in [9.17, 15) is 0 Å². The van der Waals surface area contributed by atoms with Crippen LogP contribution in [-0.4, -0.2) is 18.5 Å². The molecule has 0 amide bonds. The number of fused-ring (bicyclic) bond motifs is 1. The van der Waals surface area contributed by atoms with Crippen LogP contribution in [0.25, 0.3) is 11.2 Å². The SMILES string of the molecule is N=c1nc(Cl)c2[nH]cnc2n1Br. The van der Waals surface area contributed by atoms with Crippen LogP contribution in [0.15, 0.2) is 6.33 Å². The first-order valence-electron chi connectivity index (χ1n) is 3.02. The highest BCUT2D eigenvalue weighted by Gasteiger charge is 2.06. The van der Waals surface area contributed by atoms with Gasteiger partial charge in [0.25, 0.3) is 0 Å². The van der Waals surface area contributed by atoms with Crippen molar-refractivity contribution in [2.45, 2.75) is 0 Å². The average molecular weight is 248 g/mol. The molecule has 0 aromatic carbocycles. The van der Waals surface area contributed by atoms with E-state index < -0.39 is 0 Å². The normalized spacial score (nSPS) is 10.8. The number of hydrogen-bond donors (Lipinski definition) is 2. The zero-order chi connectivity index (χ0) is 8.72. The zero-order valence-electron chi connectivity index (χ0n) is 5.67. The van der Waals surface area contributed by atoms with E-state index in [-0.39, 0.29) is 10.8 Å². The van der Waals surface area contributed by atoms with Crippen LogP contribution < -0.4 is 5.62 Å². The largest absolute Gasteiger partial charge is 0.341 e. The van der Waals surface area contributed by atoms with E-state index in [0.717, 1.165) is 0 Å². The quantitative estimate of drug-likeness (QED) is 0.684. The lowest BCUT2D eigenvalue weighted by molar-refractivity contribution is 0.962. The van der Waals surface area contributed by atoms with Crippen LogP contribution in [0.5, 0.6) is 0 Å². The van der Waals surface area contributed by atoms with Gasteiger partial charge in [-0.2, -0.15) is 4.98 Å². The second-order valence-electron chi connectivity index (χ2n) is 2.11. The van der Waals surface area contributed by atoms with Gasteiger partial charge in [0.05, 0.1) is 22.5 Å². The van der Waals surface area contributed by atoms with Crippen LogP contribution in [0.4, 0.5) is 0 Å². The predicted molar refractivity (Wildman–Crippen MR) is 47.1 cm³/mol. The molecule has 0 radical (unpaired) electrons. The third-order valence-electron chi connectivity index (χ3n) is 1.40. The van der Waals surface area contributed by atoms with Gasteiger partial charge in [-0.05, 0) is 0 Å². The topological polar surface area (TPSA) is 70.3 Å². The number of halogens is 2. The second kappa shape index (κ2) is 2.56. The fourth-order valence-electron chi connectivity index (χ4n) is 0.881. The lowest BCUT2D eigenvalue weighted by Gasteiger charge is -1.96. The van der Waals surface area contributed by atoms with Crippen molar-refractivity contribution >= 4 is 38.9 Å². The summed E-state index contributed by atoms with van der Waals surface area (Å²) >= 11 is 8.86. The summed E-state index contributed by atoms with van der Waals surface area (Å²) in [5.41, 5.74) is 1.18. The Morgan fingerprint density at radius 3 is 3.17 bits per heavy atom. The van der Waals surface area contributed by atoms with E-state index in [1.165, 1.54) is 9.92 Å². The Morgan fingerprint density at radius 2 is 2.42 bits per heavy atom. The van der Waals surface area contributed by atoms with Crippen LogP contribution in [0, 0.1) is 5.41 Å². The molecule has 0 bridgehead atoms. The number of rotatable bonds is 0. The molecule has 0 saturated carbocycles. The molecule has 2 aromatic rings. The van der Waals surface area contributed by atoms with Crippen molar-refractivity contribution in [3.8, 4) is 0 Å². The molecule has 0 fully saturated rings. The smallest absolute Gasteiger partial charge is 0.235 e. The van der Waals surface area contributed by atoms with E-state index in [1.54, 1.807) is 0 Å². The summed E-state index contributed by atoms with van der Waals surface area (Å²) in [5.74, 6) is 0. The summed E-state index contributed by atoms with van der Waals surface area (Å²) in [6, 6.07) is 0. The Labute approximate surface area is 80.3 Å². The Balaban J connectivity index is 3.07. The van der Waals surface area contributed by atoms with E-state index in [2.05, 4.69) is 31.1 Å². The molecule has 2 rings (SSSR count). The van der Waals surface area contributed by atoms with E-state index in [1.807, 2.05) is 0 Å². The van der Waals surface area contributed by atoms with Gasteiger partial charge in [0.15, 0.2) is 10.8 Å². The molecule has 2 heterocycles. The maximum absolute atomic E-state index is 7.35. The van der Waals surface area contributed by atoms with Crippen LogP contribution in [0.3, 0.4) is 0 Å². The molecule has 0 atom stereocenters. The van der Waals surface area contributed by atoms with E-state index in [0.29, 0.717) is 11.2 Å². The Morgan fingerprint density at radius 1 is 1.67 bits per heavy atom. The number of nitrogens with one attached hydrogen (secondary N) is 2. The van der Waals surface area contributed by atoms with Crippen LogP contribution in [-0.2, 0) is 0 Å². The number of H-pyrrole nitrogens is 1. The highest BCUT2D eigenvalue weighted by molar-refractivity contribution is 9.08. The molecule has 0 unspecified atom stereocenters. The molecule has 0 spiro atoms. The molecule has 2 N–H and O–H groups in total. The number of hydrogen-bond acceptors (Lipinski definition) is 3. The fraction of sp³-hybridized carbons (Fsp3) is 0. The first kappa shape index (κ1) is 7.75. The van der Waals surface area contributed by atoms with Gasteiger partial charge < -0.3 is 4.98 Å². The third kappa shape index (κ3) is 0.953.